The second kappa shape index (κ2) is 6.08. The molecule has 0 unspecified atom stereocenters. The van der Waals surface area contributed by atoms with E-state index < -0.39 is 11.6 Å². The Morgan fingerprint density at radius 3 is 2.74 bits per heavy atom. The van der Waals surface area contributed by atoms with E-state index in [-0.39, 0.29) is 18.0 Å². The lowest BCUT2D eigenvalue weighted by molar-refractivity contribution is -0.115. The zero-order chi connectivity index (χ0) is 16.4. The van der Waals surface area contributed by atoms with Crippen molar-refractivity contribution in [3.63, 3.8) is 0 Å². The van der Waals surface area contributed by atoms with Crippen LogP contribution in [0.25, 0.3) is 10.9 Å². The first-order chi connectivity index (χ1) is 11.1. The largest absolute Gasteiger partial charge is 0.497 e. The molecule has 4 nitrogen and oxygen atoms in total. The molecule has 0 spiro atoms. The van der Waals surface area contributed by atoms with E-state index in [1.54, 1.807) is 13.3 Å². The molecule has 2 aromatic carbocycles. The average Bonchev–Trinajstić information content (AvgIpc) is 2.93. The first-order valence-electron chi connectivity index (χ1n) is 6.95. The molecule has 1 amide bonds. The quantitative estimate of drug-likeness (QED) is 0.772. The van der Waals surface area contributed by atoms with E-state index in [4.69, 9.17) is 4.74 Å². The van der Waals surface area contributed by atoms with Crippen LogP contribution in [0.5, 0.6) is 5.75 Å². The van der Waals surface area contributed by atoms with Crippen molar-refractivity contribution in [2.24, 2.45) is 0 Å². The topological polar surface area (TPSA) is 54.1 Å². The Kier molecular flexibility index (Phi) is 3.97. The number of hydrogen-bond donors (Lipinski definition) is 2. The van der Waals surface area contributed by atoms with Crippen molar-refractivity contribution < 1.29 is 18.3 Å². The molecule has 0 aliphatic rings. The fraction of sp³-hybridized carbons (Fsp3) is 0.118. The van der Waals surface area contributed by atoms with Crippen molar-refractivity contribution in [2.75, 3.05) is 12.4 Å². The van der Waals surface area contributed by atoms with Gasteiger partial charge in [-0.2, -0.15) is 0 Å². The molecule has 0 aliphatic carbocycles. The van der Waals surface area contributed by atoms with Crippen LogP contribution < -0.4 is 10.1 Å². The molecule has 1 aromatic heterocycles. The second-order valence-electron chi connectivity index (χ2n) is 5.08. The van der Waals surface area contributed by atoms with E-state index in [0.717, 1.165) is 34.3 Å². The number of aromatic nitrogens is 1. The molecule has 0 saturated heterocycles. The van der Waals surface area contributed by atoms with Crippen LogP contribution in [0.15, 0.2) is 42.6 Å². The number of ether oxygens (including phenoxy) is 1. The zero-order valence-corrected chi connectivity index (χ0v) is 12.3. The van der Waals surface area contributed by atoms with Gasteiger partial charge < -0.3 is 15.0 Å². The lowest BCUT2D eigenvalue weighted by atomic mass is 10.1. The highest BCUT2D eigenvalue weighted by Crippen LogP contribution is 2.24. The van der Waals surface area contributed by atoms with Crippen molar-refractivity contribution in [3.8, 4) is 5.75 Å². The Morgan fingerprint density at radius 2 is 2.00 bits per heavy atom. The number of fused-ring (bicyclic) bond motifs is 1. The molecular formula is C17H14F2N2O2. The first kappa shape index (κ1) is 15.0. The van der Waals surface area contributed by atoms with Gasteiger partial charge in [0.25, 0.3) is 0 Å². The Hall–Kier alpha value is -2.89. The van der Waals surface area contributed by atoms with Crippen LogP contribution in [0.1, 0.15) is 5.56 Å². The molecule has 3 aromatic rings. The third-order valence-electron chi connectivity index (χ3n) is 3.53. The van der Waals surface area contributed by atoms with E-state index in [1.165, 1.54) is 6.07 Å². The van der Waals surface area contributed by atoms with Gasteiger partial charge in [-0.3, -0.25) is 4.79 Å². The molecular weight excluding hydrogens is 302 g/mol. The van der Waals surface area contributed by atoms with Crippen LogP contribution in [-0.2, 0) is 11.2 Å². The van der Waals surface area contributed by atoms with E-state index in [9.17, 15) is 13.6 Å². The van der Waals surface area contributed by atoms with Crippen LogP contribution in [0, 0.1) is 11.6 Å². The van der Waals surface area contributed by atoms with Crippen LogP contribution in [-0.4, -0.2) is 18.0 Å². The van der Waals surface area contributed by atoms with Crippen LogP contribution in [0.4, 0.5) is 14.5 Å². The maximum atomic E-state index is 13.1. The minimum Gasteiger partial charge on any atom is -0.497 e. The van der Waals surface area contributed by atoms with Crippen LogP contribution in [0.3, 0.4) is 0 Å². The van der Waals surface area contributed by atoms with Crippen molar-refractivity contribution in [2.45, 2.75) is 6.42 Å². The summed E-state index contributed by atoms with van der Waals surface area (Å²) in [6.07, 6.45) is 1.86. The summed E-state index contributed by atoms with van der Waals surface area (Å²) in [5.74, 6) is -1.54. The molecule has 23 heavy (non-hydrogen) atoms. The Balaban J connectivity index is 1.76. The highest BCUT2D eigenvalue weighted by atomic mass is 19.2. The summed E-state index contributed by atoms with van der Waals surface area (Å²) < 4.78 is 31.2. The standard InChI is InChI=1S/C17H14F2N2O2/c1-23-12-3-4-13-10(9-20-16(13)8-12)6-17(22)21-11-2-5-14(18)15(19)7-11/h2-5,7-9,20H,6H2,1H3,(H,21,22). The van der Waals surface area contributed by atoms with Gasteiger partial charge in [0.05, 0.1) is 13.5 Å². The predicted molar refractivity (Wildman–Crippen MR) is 83.5 cm³/mol. The molecule has 0 bridgehead atoms. The molecule has 3 rings (SSSR count). The number of H-pyrrole nitrogens is 1. The highest BCUT2D eigenvalue weighted by molar-refractivity contribution is 5.96. The van der Waals surface area contributed by atoms with E-state index in [0.29, 0.717) is 0 Å². The fourth-order valence-electron chi connectivity index (χ4n) is 2.39. The molecule has 0 aliphatic heterocycles. The normalized spacial score (nSPS) is 10.7. The van der Waals surface area contributed by atoms with Gasteiger partial charge in [0, 0.05) is 34.9 Å². The summed E-state index contributed by atoms with van der Waals surface area (Å²) in [6, 6.07) is 8.76. The average molecular weight is 316 g/mol. The molecule has 0 fully saturated rings. The Bertz CT molecular complexity index is 874. The highest BCUT2D eigenvalue weighted by Gasteiger charge is 2.11. The summed E-state index contributed by atoms with van der Waals surface area (Å²) in [7, 11) is 1.58. The third-order valence-corrected chi connectivity index (χ3v) is 3.53. The Labute approximate surface area is 131 Å². The van der Waals surface area contributed by atoms with E-state index in [2.05, 4.69) is 10.3 Å². The number of carbonyl (C=O) groups is 1. The number of anilines is 1. The number of amides is 1. The van der Waals surface area contributed by atoms with Gasteiger partial charge >= 0.3 is 0 Å². The van der Waals surface area contributed by atoms with Gasteiger partial charge in [0.15, 0.2) is 11.6 Å². The van der Waals surface area contributed by atoms with Gasteiger partial charge in [-0.1, -0.05) is 0 Å². The number of halogens is 2. The fourth-order valence-corrected chi connectivity index (χ4v) is 2.39. The van der Waals surface area contributed by atoms with Crippen LogP contribution in [0.2, 0.25) is 0 Å². The van der Waals surface area contributed by atoms with Crippen molar-refractivity contribution >= 4 is 22.5 Å². The summed E-state index contributed by atoms with van der Waals surface area (Å²) in [4.78, 5) is 15.2. The number of hydrogen-bond acceptors (Lipinski definition) is 2. The number of methoxy groups -OCH3 is 1. The van der Waals surface area contributed by atoms with Gasteiger partial charge in [-0.25, -0.2) is 8.78 Å². The molecule has 6 heteroatoms. The third kappa shape index (κ3) is 3.15. The smallest absolute Gasteiger partial charge is 0.228 e. The molecule has 0 radical (unpaired) electrons. The lowest BCUT2D eigenvalue weighted by Crippen LogP contribution is -2.14. The second-order valence-corrected chi connectivity index (χ2v) is 5.08. The van der Waals surface area contributed by atoms with Gasteiger partial charge in [0.1, 0.15) is 5.75 Å². The number of nitrogens with one attached hydrogen (secondary N) is 2. The van der Waals surface area contributed by atoms with Crippen molar-refractivity contribution in [3.05, 3.63) is 59.8 Å². The lowest BCUT2D eigenvalue weighted by Gasteiger charge is -2.05. The number of carbonyl (C=O) groups excluding carboxylic acids is 1. The minimum atomic E-state index is -0.998. The molecule has 1 heterocycles. The number of benzene rings is 2. The maximum Gasteiger partial charge on any atom is 0.228 e. The van der Waals surface area contributed by atoms with E-state index >= 15 is 0 Å². The SMILES string of the molecule is COc1ccc2c(CC(=O)Nc3ccc(F)c(F)c3)c[nH]c2c1. The zero-order valence-electron chi connectivity index (χ0n) is 12.3. The molecule has 0 atom stereocenters. The van der Waals surface area contributed by atoms with Gasteiger partial charge in [-0.15, -0.1) is 0 Å². The summed E-state index contributed by atoms with van der Waals surface area (Å²) in [5.41, 5.74) is 1.89. The summed E-state index contributed by atoms with van der Waals surface area (Å²) in [5, 5.41) is 3.46. The van der Waals surface area contributed by atoms with Crippen molar-refractivity contribution in [1.82, 2.24) is 4.98 Å². The van der Waals surface area contributed by atoms with Crippen molar-refractivity contribution in [1.29, 1.82) is 0 Å². The van der Waals surface area contributed by atoms with E-state index in [1.807, 2.05) is 18.2 Å². The molecule has 0 saturated carbocycles. The summed E-state index contributed by atoms with van der Waals surface area (Å²) >= 11 is 0. The first-order valence-corrected chi connectivity index (χ1v) is 6.95. The number of rotatable bonds is 4. The molecule has 2 N–H and O–H groups in total. The maximum absolute atomic E-state index is 13.1. The monoisotopic (exact) mass is 316 g/mol. The number of aromatic amines is 1. The van der Waals surface area contributed by atoms with Gasteiger partial charge in [0.2, 0.25) is 5.91 Å². The van der Waals surface area contributed by atoms with Gasteiger partial charge in [-0.05, 0) is 29.8 Å². The van der Waals surface area contributed by atoms with Crippen LogP contribution >= 0.6 is 0 Å². The molecule has 118 valence electrons. The predicted octanol–water partition coefficient (Wildman–Crippen LogP) is 3.64. The summed E-state index contributed by atoms with van der Waals surface area (Å²) in [6.45, 7) is 0. The Morgan fingerprint density at radius 1 is 1.17 bits per heavy atom. The minimum absolute atomic E-state index is 0.116.